The van der Waals surface area contributed by atoms with E-state index in [9.17, 15) is 4.79 Å². The lowest BCUT2D eigenvalue weighted by Crippen LogP contribution is -2.12. The summed E-state index contributed by atoms with van der Waals surface area (Å²) in [7, 11) is 0. The number of aromatic nitrogens is 1. The molecule has 5 heteroatoms. The lowest BCUT2D eigenvalue weighted by molar-refractivity contribution is 0.102. The molecule has 0 radical (unpaired) electrons. The molecule has 0 aliphatic heterocycles. The molecule has 0 aliphatic carbocycles. The van der Waals surface area contributed by atoms with Gasteiger partial charge in [-0.3, -0.25) is 4.79 Å². The van der Waals surface area contributed by atoms with Crippen LogP contribution in [0.2, 0.25) is 10.2 Å². The van der Waals surface area contributed by atoms with Crippen LogP contribution in [0.25, 0.3) is 0 Å². The number of benzene rings is 1. The first-order valence-corrected chi connectivity index (χ1v) is 5.60. The average molecular weight is 267 g/mol. The zero-order chi connectivity index (χ0) is 12.3. The molecule has 0 fully saturated rings. The summed E-state index contributed by atoms with van der Waals surface area (Å²) in [5.41, 5.74) is 0.855. The fourth-order valence-electron chi connectivity index (χ4n) is 1.31. The number of nitrogens with zero attached hydrogens (tertiary/aromatic N) is 1. The number of halogens is 2. The second-order valence-electron chi connectivity index (χ2n) is 3.28. The van der Waals surface area contributed by atoms with Gasteiger partial charge in [-0.25, -0.2) is 4.98 Å². The van der Waals surface area contributed by atoms with Gasteiger partial charge >= 0.3 is 0 Å². The second-order valence-corrected chi connectivity index (χ2v) is 4.04. The van der Waals surface area contributed by atoms with Gasteiger partial charge in [0.1, 0.15) is 0 Å². The van der Waals surface area contributed by atoms with Crippen molar-refractivity contribution < 1.29 is 4.79 Å². The third-order valence-electron chi connectivity index (χ3n) is 2.13. The SMILES string of the molecule is O=C(Nc1cccnc1Cl)c1ccccc1Cl. The molecule has 2 rings (SSSR count). The van der Waals surface area contributed by atoms with Crippen LogP contribution in [0.1, 0.15) is 10.4 Å². The Kier molecular flexibility index (Phi) is 3.61. The lowest BCUT2D eigenvalue weighted by Gasteiger charge is -2.07. The summed E-state index contributed by atoms with van der Waals surface area (Å²) < 4.78 is 0. The Labute approximate surface area is 108 Å². The standard InChI is InChI=1S/C12H8Cl2N2O/c13-9-5-2-1-4-8(9)12(17)16-10-6-3-7-15-11(10)14/h1-7H,(H,16,17). The molecule has 1 heterocycles. The maximum absolute atomic E-state index is 11.9. The van der Waals surface area contributed by atoms with Crippen molar-refractivity contribution in [3.05, 3.63) is 58.3 Å². The molecule has 86 valence electrons. The highest BCUT2D eigenvalue weighted by molar-refractivity contribution is 6.35. The fraction of sp³-hybridized carbons (Fsp3) is 0. The van der Waals surface area contributed by atoms with Crippen LogP contribution in [-0.2, 0) is 0 Å². The van der Waals surface area contributed by atoms with Crippen LogP contribution in [0.15, 0.2) is 42.6 Å². The van der Waals surface area contributed by atoms with Crippen LogP contribution >= 0.6 is 23.2 Å². The molecule has 0 saturated carbocycles. The van der Waals surface area contributed by atoms with Gasteiger partial charge in [0.25, 0.3) is 5.91 Å². The van der Waals surface area contributed by atoms with Crippen LogP contribution in [-0.4, -0.2) is 10.9 Å². The smallest absolute Gasteiger partial charge is 0.257 e. The zero-order valence-corrected chi connectivity index (χ0v) is 10.2. The molecule has 0 aliphatic rings. The zero-order valence-electron chi connectivity index (χ0n) is 8.65. The summed E-state index contributed by atoms with van der Waals surface area (Å²) in [4.78, 5) is 15.8. The molecule has 2 aromatic rings. The largest absolute Gasteiger partial charge is 0.319 e. The number of amides is 1. The van der Waals surface area contributed by atoms with E-state index >= 15 is 0 Å². The van der Waals surface area contributed by atoms with Crippen molar-refractivity contribution in [1.82, 2.24) is 4.98 Å². The Morgan fingerprint density at radius 1 is 1.12 bits per heavy atom. The van der Waals surface area contributed by atoms with Gasteiger partial charge in [0.05, 0.1) is 16.3 Å². The van der Waals surface area contributed by atoms with Gasteiger partial charge in [0.2, 0.25) is 0 Å². The van der Waals surface area contributed by atoms with Crippen molar-refractivity contribution in [2.45, 2.75) is 0 Å². The van der Waals surface area contributed by atoms with Gasteiger partial charge in [-0.15, -0.1) is 0 Å². The van der Waals surface area contributed by atoms with E-state index in [1.807, 2.05) is 0 Å². The molecule has 1 N–H and O–H groups in total. The van der Waals surface area contributed by atoms with Gasteiger partial charge in [0.15, 0.2) is 5.15 Å². The molecular formula is C12H8Cl2N2O. The fourth-order valence-corrected chi connectivity index (χ4v) is 1.70. The van der Waals surface area contributed by atoms with E-state index in [0.29, 0.717) is 16.3 Å². The Hall–Kier alpha value is -1.58. The van der Waals surface area contributed by atoms with Gasteiger partial charge in [-0.05, 0) is 24.3 Å². The topological polar surface area (TPSA) is 42.0 Å². The minimum atomic E-state index is -0.314. The molecule has 17 heavy (non-hydrogen) atoms. The summed E-state index contributed by atoms with van der Waals surface area (Å²) in [6.45, 7) is 0. The molecule has 0 spiro atoms. The number of hydrogen-bond acceptors (Lipinski definition) is 2. The molecule has 1 aromatic heterocycles. The van der Waals surface area contributed by atoms with Crippen LogP contribution in [0, 0.1) is 0 Å². The van der Waals surface area contributed by atoms with E-state index in [-0.39, 0.29) is 11.1 Å². The predicted molar refractivity (Wildman–Crippen MR) is 68.7 cm³/mol. The molecule has 0 atom stereocenters. The van der Waals surface area contributed by atoms with E-state index in [4.69, 9.17) is 23.2 Å². The molecule has 1 aromatic carbocycles. The van der Waals surface area contributed by atoms with E-state index in [1.165, 1.54) is 0 Å². The van der Waals surface area contributed by atoms with Crippen molar-refractivity contribution in [2.75, 3.05) is 5.32 Å². The van der Waals surface area contributed by atoms with E-state index in [0.717, 1.165) is 0 Å². The maximum Gasteiger partial charge on any atom is 0.257 e. The van der Waals surface area contributed by atoms with Crippen molar-refractivity contribution in [3.63, 3.8) is 0 Å². The first kappa shape index (κ1) is 11.9. The highest BCUT2D eigenvalue weighted by Gasteiger charge is 2.11. The molecule has 0 bridgehead atoms. The first-order valence-electron chi connectivity index (χ1n) is 4.85. The van der Waals surface area contributed by atoms with E-state index < -0.39 is 0 Å². The van der Waals surface area contributed by atoms with Crippen LogP contribution in [0.3, 0.4) is 0 Å². The van der Waals surface area contributed by atoms with Gasteiger partial charge in [-0.2, -0.15) is 0 Å². The third-order valence-corrected chi connectivity index (χ3v) is 2.76. The van der Waals surface area contributed by atoms with Gasteiger partial charge in [0, 0.05) is 6.20 Å². The van der Waals surface area contributed by atoms with Crippen LogP contribution < -0.4 is 5.32 Å². The minimum Gasteiger partial charge on any atom is -0.319 e. The highest BCUT2D eigenvalue weighted by Crippen LogP contribution is 2.20. The molecule has 3 nitrogen and oxygen atoms in total. The minimum absolute atomic E-state index is 0.243. The van der Waals surface area contributed by atoms with Crippen LogP contribution in [0.5, 0.6) is 0 Å². The highest BCUT2D eigenvalue weighted by atomic mass is 35.5. The quantitative estimate of drug-likeness (QED) is 0.844. The number of carbonyl (C=O) groups is 1. The summed E-state index contributed by atoms with van der Waals surface area (Å²) in [5.74, 6) is -0.314. The average Bonchev–Trinajstić information content (AvgIpc) is 2.32. The number of anilines is 1. The number of hydrogen-bond donors (Lipinski definition) is 1. The molecular weight excluding hydrogens is 259 g/mol. The number of nitrogens with one attached hydrogen (secondary N) is 1. The first-order chi connectivity index (χ1) is 8.18. The van der Waals surface area contributed by atoms with E-state index in [1.54, 1.807) is 42.6 Å². The Morgan fingerprint density at radius 2 is 1.88 bits per heavy atom. The normalized spacial score (nSPS) is 10.0. The Balaban J connectivity index is 2.24. The van der Waals surface area contributed by atoms with Crippen LogP contribution in [0.4, 0.5) is 5.69 Å². The summed E-state index contributed by atoms with van der Waals surface area (Å²) in [6.07, 6.45) is 1.55. The van der Waals surface area contributed by atoms with Crippen molar-refractivity contribution in [2.24, 2.45) is 0 Å². The maximum atomic E-state index is 11.9. The molecule has 0 unspecified atom stereocenters. The lowest BCUT2D eigenvalue weighted by atomic mass is 10.2. The van der Waals surface area contributed by atoms with Gasteiger partial charge < -0.3 is 5.32 Å². The molecule has 0 saturated heterocycles. The van der Waals surface area contributed by atoms with Crippen molar-refractivity contribution >= 4 is 34.8 Å². The summed E-state index contributed by atoms with van der Waals surface area (Å²) in [5, 5.41) is 3.29. The molecule has 1 amide bonds. The Bertz CT molecular complexity index is 558. The number of carbonyl (C=O) groups excluding carboxylic acids is 1. The number of pyridine rings is 1. The summed E-state index contributed by atoms with van der Waals surface area (Å²) in [6, 6.07) is 10.2. The summed E-state index contributed by atoms with van der Waals surface area (Å²) >= 11 is 11.8. The van der Waals surface area contributed by atoms with Crippen molar-refractivity contribution in [3.8, 4) is 0 Å². The van der Waals surface area contributed by atoms with E-state index in [2.05, 4.69) is 10.3 Å². The Morgan fingerprint density at radius 3 is 2.59 bits per heavy atom. The van der Waals surface area contributed by atoms with Gasteiger partial charge in [-0.1, -0.05) is 35.3 Å². The van der Waals surface area contributed by atoms with Crippen molar-refractivity contribution in [1.29, 1.82) is 0 Å². The second kappa shape index (κ2) is 5.17. The monoisotopic (exact) mass is 266 g/mol. The number of rotatable bonds is 2. The third kappa shape index (κ3) is 2.75. The predicted octanol–water partition coefficient (Wildman–Crippen LogP) is 3.64.